The number of H-pyrrole nitrogens is 2. The van der Waals surface area contributed by atoms with Gasteiger partial charge in [0, 0.05) is 12.4 Å². The van der Waals surface area contributed by atoms with Gasteiger partial charge in [-0.15, -0.1) is 0 Å². The maximum absolute atomic E-state index is 11.8. The standard InChI is InChI=1S/C16H8N6O2/c23-15-13-7(1-3-17-15)19-9-5-12-10(6-11(9)21-13)20-8-2-4-18-16(24)14(8)22-12/h1-6,19-20H. The quantitative estimate of drug-likeness (QED) is 0.414. The number of hydrogen-bond donors (Lipinski definition) is 2. The van der Waals surface area contributed by atoms with Crippen LogP contribution in [0.2, 0.25) is 0 Å². The first-order valence-corrected chi connectivity index (χ1v) is 7.17. The first kappa shape index (κ1) is 12.8. The summed E-state index contributed by atoms with van der Waals surface area (Å²) in [6.07, 6.45) is 2.87. The number of nitrogens with zero attached hydrogens (tertiary/aromatic N) is 4. The molecule has 0 amide bonds. The third-order valence-corrected chi connectivity index (χ3v) is 3.90. The van der Waals surface area contributed by atoms with Crippen molar-refractivity contribution in [2.45, 2.75) is 0 Å². The topological polar surface area (TPSA) is 117 Å². The Balaban J connectivity index is 1.95. The second-order valence-corrected chi connectivity index (χ2v) is 5.38. The summed E-state index contributed by atoms with van der Waals surface area (Å²) in [6.45, 7) is 0. The lowest BCUT2D eigenvalue weighted by Crippen LogP contribution is -2.13. The van der Waals surface area contributed by atoms with Crippen LogP contribution in [0, 0.1) is 0 Å². The van der Waals surface area contributed by atoms with Crippen molar-refractivity contribution < 1.29 is 0 Å². The predicted molar refractivity (Wildman–Crippen MR) is 87.1 cm³/mol. The van der Waals surface area contributed by atoms with Crippen molar-refractivity contribution in [3.05, 3.63) is 57.4 Å². The molecule has 0 spiro atoms. The molecular weight excluding hydrogens is 308 g/mol. The highest BCUT2D eigenvalue weighted by Crippen LogP contribution is 2.24. The van der Waals surface area contributed by atoms with E-state index in [0.717, 1.165) is 0 Å². The van der Waals surface area contributed by atoms with Crippen molar-refractivity contribution >= 4 is 22.1 Å². The third kappa shape index (κ3) is 1.73. The van der Waals surface area contributed by atoms with Crippen molar-refractivity contribution in [2.75, 3.05) is 0 Å². The largest absolute Gasteiger partial charge is 0.352 e. The molecule has 0 aliphatic carbocycles. The molecule has 4 heterocycles. The molecule has 24 heavy (non-hydrogen) atoms. The molecule has 0 bridgehead atoms. The highest BCUT2D eigenvalue weighted by atomic mass is 16.1. The minimum absolute atomic E-state index is 0.282. The van der Waals surface area contributed by atoms with Crippen molar-refractivity contribution in [3.8, 4) is 22.8 Å². The molecule has 0 saturated carbocycles. The number of aromatic amines is 2. The van der Waals surface area contributed by atoms with E-state index in [1.54, 1.807) is 24.3 Å². The zero-order valence-electron chi connectivity index (χ0n) is 12.1. The first-order chi connectivity index (χ1) is 11.7. The molecule has 4 aliphatic heterocycles. The zero-order chi connectivity index (χ0) is 16.3. The van der Waals surface area contributed by atoms with Crippen LogP contribution in [0.15, 0.2) is 46.2 Å². The lowest BCUT2D eigenvalue weighted by Gasteiger charge is -2.09. The Kier molecular flexibility index (Phi) is 2.36. The maximum atomic E-state index is 11.8. The Labute approximate surface area is 133 Å². The molecule has 0 saturated heterocycles. The van der Waals surface area contributed by atoms with E-state index in [0.29, 0.717) is 33.5 Å². The van der Waals surface area contributed by atoms with E-state index in [2.05, 4.69) is 29.9 Å². The summed E-state index contributed by atoms with van der Waals surface area (Å²) < 4.78 is 0. The summed E-state index contributed by atoms with van der Waals surface area (Å²) in [5.41, 5.74) is 3.61. The van der Waals surface area contributed by atoms with E-state index in [4.69, 9.17) is 0 Å². The Hall–Kier alpha value is -3.68. The summed E-state index contributed by atoms with van der Waals surface area (Å²) in [5, 5.41) is 0. The number of hydrogen-bond acceptors (Lipinski definition) is 6. The lowest BCUT2D eigenvalue weighted by molar-refractivity contribution is 1.14. The highest BCUT2D eigenvalue weighted by molar-refractivity contribution is 5.93. The van der Waals surface area contributed by atoms with Crippen LogP contribution in [-0.2, 0) is 0 Å². The number of fused-ring (bicyclic) bond motifs is 4. The van der Waals surface area contributed by atoms with E-state index in [1.807, 2.05) is 0 Å². The molecule has 0 atom stereocenters. The molecule has 2 N–H and O–H groups in total. The number of pyridine rings is 2. The fourth-order valence-corrected chi connectivity index (χ4v) is 2.78. The van der Waals surface area contributed by atoms with Gasteiger partial charge in [-0.25, -0.2) is 19.9 Å². The van der Waals surface area contributed by atoms with Crippen molar-refractivity contribution in [3.63, 3.8) is 0 Å². The zero-order valence-corrected chi connectivity index (χ0v) is 12.1. The molecule has 0 unspecified atom stereocenters. The van der Waals surface area contributed by atoms with Gasteiger partial charge in [-0.2, -0.15) is 0 Å². The molecule has 0 fully saturated rings. The van der Waals surface area contributed by atoms with Crippen LogP contribution in [0.25, 0.3) is 44.8 Å². The van der Waals surface area contributed by atoms with Gasteiger partial charge < -0.3 is 9.97 Å². The van der Waals surface area contributed by atoms with Crippen LogP contribution in [0.1, 0.15) is 0 Å². The van der Waals surface area contributed by atoms with Crippen LogP contribution >= 0.6 is 0 Å². The summed E-state index contributed by atoms with van der Waals surface area (Å²) in [4.78, 5) is 46.2. The second-order valence-electron chi connectivity index (χ2n) is 5.38. The average molecular weight is 316 g/mol. The second kappa shape index (κ2) is 4.42. The van der Waals surface area contributed by atoms with Gasteiger partial charge in [0.1, 0.15) is 0 Å². The fourth-order valence-electron chi connectivity index (χ4n) is 2.78. The monoisotopic (exact) mass is 316 g/mol. The predicted octanol–water partition coefficient (Wildman–Crippen LogP) is 1.16. The lowest BCUT2D eigenvalue weighted by atomic mass is 10.2. The molecule has 5 rings (SSSR count). The minimum Gasteiger partial charge on any atom is -0.352 e. The van der Waals surface area contributed by atoms with Gasteiger partial charge in [0.2, 0.25) is 0 Å². The Bertz CT molecular complexity index is 1200. The first-order valence-electron chi connectivity index (χ1n) is 7.17. The molecule has 0 aromatic heterocycles. The summed E-state index contributed by atoms with van der Waals surface area (Å²) in [6, 6.07) is 6.94. The van der Waals surface area contributed by atoms with Crippen LogP contribution in [0.5, 0.6) is 0 Å². The minimum atomic E-state index is -0.381. The summed E-state index contributed by atoms with van der Waals surface area (Å²) in [5.74, 6) is 0. The van der Waals surface area contributed by atoms with Gasteiger partial charge in [-0.1, -0.05) is 0 Å². The summed E-state index contributed by atoms with van der Waals surface area (Å²) in [7, 11) is 0. The Morgan fingerprint density at radius 1 is 0.708 bits per heavy atom. The molecule has 114 valence electrons. The van der Waals surface area contributed by atoms with Gasteiger partial charge in [-0.05, 0) is 24.3 Å². The Morgan fingerprint density at radius 2 is 1.17 bits per heavy atom. The van der Waals surface area contributed by atoms with Crippen LogP contribution < -0.4 is 11.1 Å². The van der Waals surface area contributed by atoms with Crippen molar-refractivity contribution in [1.82, 2.24) is 29.9 Å². The van der Waals surface area contributed by atoms with E-state index in [1.165, 1.54) is 12.4 Å². The SMILES string of the molecule is O=c1nccc2[nH]c3cc4nc5c(=O)nccc-5[nH]c4cc3nc1-2. The Morgan fingerprint density at radius 3 is 1.62 bits per heavy atom. The number of nitrogens with one attached hydrogen (secondary N) is 2. The molecule has 1 aromatic carbocycles. The fraction of sp³-hybridized carbons (Fsp3) is 0. The van der Waals surface area contributed by atoms with Crippen LogP contribution in [0.4, 0.5) is 0 Å². The third-order valence-electron chi connectivity index (χ3n) is 3.90. The van der Waals surface area contributed by atoms with E-state index in [9.17, 15) is 9.59 Å². The van der Waals surface area contributed by atoms with Gasteiger partial charge in [0.15, 0.2) is 11.4 Å². The molecular formula is C16H8N6O2. The molecule has 8 heteroatoms. The van der Waals surface area contributed by atoms with E-state index < -0.39 is 0 Å². The van der Waals surface area contributed by atoms with Crippen molar-refractivity contribution in [1.29, 1.82) is 0 Å². The summed E-state index contributed by atoms with van der Waals surface area (Å²) >= 11 is 0. The van der Waals surface area contributed by atoms with Gasteiger partial charge in [-0.3, -0.25) is 9.59 Å². The van der Waals surface area contributed by atoms with Crippen LogP contribution in [-0.4, -0.2) is 29.9 Å². The number of rotatable bonds is 0. The van der Waals surface area contributed by atoms with Crippen molar-refractivity contribution in [2.24, 2.45) is 0 Å². The number of benzene rings is 1. The molecule has 1 aromatic rings. The van der Waals surface area contributed by atoms with Gasteiger partial charge >= 0.3 is 0 Å². The van der Waals surface area contributed by atoms with Crippen LogP contribution in [0.3, 0.4) is 0 Å². The van der Waals surface area contributed by atoms with E-state index in [-0.39, 0.29) is 22.5 Å². The highest BCUT2D eigenvalue weighted by Gasteiger charge is 2.14. The van der Waals surface area contributed by atoms with Gasteiger partial charge in [0.25, 0.3) is 11.1 Å². The molecule has 0 radical (unpaired) electrons. The molecule has 4 aliphatic rings. The maximum Gasteiger partial charge on any atom is 0.297 e. The van der Waals surface area contributed by atoms with Gasteiger partial charge in [0.05, 0.1) is 33.5 Å². The number of aromatic nitrogens is 6. The molecule has 8 nitrogen and oxygen atoms in total. The normalized spacial score (nSPS) is 11.7. The van der Waals surface area contributed by atoms with E-state index >= 15 is 0 Å². The average Bonchev–Trinajstić information content (AvgIpc) is 2.58. The smallest absolute Gasteiger partial charge is 0.297 e.